The second-order valence-electron chi connectivity index (χ2n) is 12.7. The molecule has 1 heterocycles. The monoisotopic (exact) mass is 652 g/mol. The average Bonchev–Trinajstić information content (AvgIpc) is 3.76. The molecule has 0 bridgehead atoms. The first-order valence-electron chi connectivity index (χ1n) is 17.1. The molecule has 0 aliphatic heterocycles. The maximum Gasteiger partial charge on any atom is 0.247 e. The smallest absolute Gasteiger partial charge is 0.247 e. The van der Waals surface area contributed by atoms with Crippen LogP contribution >= 0.6 is 0 Å². The quantitative estimate of drug-likeness (QED) is 0.178. The van der Waals surface area contributed by atoms with Gasteiger partial charge in [0.15, 0.2) is 0 Å². The Morgan fingerprint density at radius 3 is 1.18 bits per heavy atom. The maximum atomic E-state index is 5.14. The van der Waals surface area contributed by atoms with Crippen LogP contribution in [0.3, 0.4) is 0 Å². The normalized spacial score (nSPS) is 11.1. The summed E-state index contributed by atoms with van der Waals surface area (Å²) in [6, 6.07) is 66.9. The van der Waals surface area contributed by atoms with Crippen molar-refractivity contribution in [3.05, 3.63) is 194 Å². The molecule has 3 nitrogen and oxygen atoms in total. The molecule has 0 atom stereocenters. The maximum absolute atomic E-state index is 5.14. The number of hydrogen-bond acceptors (Lipinski definition) is 3. The fourth-order valence-electron chi connectivity index (χ4n) is 7.17. The zero-order valence-electron chi connectivity index (χ0n) is 27.8. The molecule has 0 aliphatic rings. The van der Waals surface area contributed by atoms with Gasteiger partial charge in [0.2, 0.25) is 12.3 Å². The SMILES string of the molecule is c1ccc(-c2ccc(-c3nnco3)cc2)cc1.c1ccc2cc(-c3c4ccccc4c(-c4ccc5ccccc5c4)c4ccccc34)ccc2c1. The van der Waals surface area contributed by atoms with Gasteiger partial charge in [-0.3, -0.25) is 0 Å². The van der Waals surface area contributed by atoms with Crippen molar-refractivity contribution in [3.63, 3.8) is 0 Å². The van der Waals surface area contributed by atoms with Crippen molar-refractivity contribution in [2.75, 3.05) is 0 Å². The van der Waals surface area contributed by atoms with Gasteiger partial charge in [-0.2, -0.15) is 0 Å². The highest BCUT2D eigenvalue weighted by Gasteiger charge is 2.17. The van der Waals surface area contributed by atoms with E-state index in [9.17, 15) is 0 Å². The molecular formula is C48H32N2O. The molecule has 0 aliphatic carbocycles. The van der Waals surface area contributed by atoms with Crippen molar-refractivity contribution in [1.82, 2.24) is 10.2 Å². The Morgan fingerprint density at radius 1 is 0.314 bits per heavy atom. The van der Waals surface area contributed by atoms with Crippen LogP contribution in [0.2, 0.25) is 0 Å². The number of nitrogens with zero attached hydrogens (tertiary/aromatic N) is 2. The van der Waals surface area contributed by atoms with Crippen molar-refractivity contribution in [2.24, 2.45) is 0 Å². The van der Waals surface area contributed by atoms with Crippen molar-refractivity contribution >= 4 is 43.1 Å². The summed E-state index contributed by atoms with van der Waals surface area (Å²) in [6.45, 7) is 0. The van der Waals surface area contributed by atoms with E-state index in [1.165, 1.54) is 82.9 Å². The van der Waals surface area contributed by atoms with Crippen LogP contribution in [0.5, 0.6) is 0 Å². The van der Waals surface area contributed by atoms with Gasteiger partial charge in [-0.15, -0.1) is 10.2 Å². The Kier molecular flexibility index (Phi) is 7.84. The molecule has 10 rings (SSSR count). The minimum Gasteiger partial charge on any atom is -0.423 e. The minimum atomic E-state index is 0.546. The summed E-state index contributed by atoms with van der Waals surface area (Å²) < 4.78 is 5.14. The number of fused-ring (bicyclic) bond motifs is 4. The predicted octanol–water partition coefficient (Wildman–Crippen LogP) is 13.0. The summed E-state index contributed by atoms with van der Waals surface area (Å²) in [6.07, 6.45) is 1.33. The number of rotatable bonds is 4. The van der Waals surface area contributed by atoms with E-state index < -0.39 is 0 Å². The van der Waals surface area contributed by atoms with Gasteiger partial charge in [0, 0.05) is 5.56 Å². The van der Waals surface area contributed by atoms with Gasteiger partial charge in [-0.25, -0.2) is 0 Å². The van der Waals surface area contributed by atoms with Gasteiger partial charge in [0.1, 0.15) is 0 Å². The summed E-state index contributed by atoms with van der Waals surface area (Å²) in [7, 11) is 0. The molecule has 3 heteroatoms. The lowest BCUT2D eigenvalue weighted by Gasteiger charge is -2.18. The molecule has 0 N–H and O–H groups in total. The van der Waals surface area contributed by atoms with Crippen LogP contribution in [0.15, 0.2) is 199 Å². The van der Waals surface area contributed by atoms with E-state index in [1.54, 1.807) is 0 Å². The molecular weight excluding hydrogens is 621 g/mol. The zero-order chi connectivity index (χ0) is 34.0. The summed E-state index contributed by atoms with van der Waals surface area (Å²) in [4.78, 5) is 0. The van der Waals surface area contributed by atoms with Crippen LogP contribution in [0.4, 0.5) is 0 Å². The highest BCUT2D eigenvalue weighted by Crippen LogP contribution is 2.44. The molecule has 1 aromatic heterocycles. The van der Waals surface area contributed by atoms with Crippen molar-refractivity contribution in [2.45, 2.75) is 0 Å². The van der Waals surface area contributed by atoms with E-state index in [2.05, 4.69) is 168 Å². The van der Waals surface area contributed by atoms with Gasteiger partial charge >= 0.3 is 0 Å². The average molecular weight is 653 g/mol. The van der Waals surface area contributed by atoms with E-state index in [0.717, 1.165) is 5.56 Å². The van der Waals surface area contributed by atoms with Gasteiger partial charge in [0.25, 0.3) is 0 Å². The van der Waals surface area contributed by atoms with Crippen LogP contribution < -0.4 is 0 Å². The Hall–Kier alpha value is -6.84. The molecule has 0 fully saturated rings. The fraction of sp³-hybridized carbons (Fsp3) is 0. The molecule has 0 saturated heterocycles. The van der Waals surface area contributed by atoms with Crippen molar-refractivity contribution in [1.29, 1.82) is 0 Å². The Labute approximate surface area is 296 Å². The zero-order valence-corrected chi connectivity index (χ0v) is 27.8. The van der Waals surface area contributed by atoms with Gasteiger partial charge in [-0.1, -0.05) is 164 Å². The highest BCUT2D eigenvalue weighted by atomic mass is 16.4. The Balaban J connectivity index is 0.000000172. The van der Waals surface area contributed by atoms with E-state index in [1.807, 2.05) is 30.3 Å². The summed E-state index contributed by atoms with van der Waals surface area (Å²) >= 11 is 0. The standard InChI is InChI=1S/C34H22.C14H10N2O/c1-3-11-25-21-27(19-17-23(25)9-1)33-29-13-5-7-15-31(29)34(32-16-8-6-14-30(32)33)28-20-18-24-10-2-4-12-26(24)22-28;1-2-4-11(5-3-1)12-6-8-13(9-7-12)14-16-15-10-17-14/h1-22H;1-10H. The van der Waals surface area contributed by atoms with Gasteiger partial charge in [0.05, 0.1) is 0 Å². The highest BCUT2D eigenvalue weighted by molar-refractivity contribution is 6.22. The topological polar surface area (TPSA) is 38.9 Å². The van der Waals surface area contributed by atoms with E-state index in [-0.39, 0.29) is 0 Å². The van der Waals surface area contributed by atoms with Crippen LogP contribution in [0.1, 0.15) is 0 Å². The van der Waals surface area contributed by atoms with Crippen LogP contribution in [0, 0.1) is 0 Å². The van der Waals surface area contributed by atoms with Gasteiger partial charge in [-0.05, 0) is 101 Å². The molecule has 0 spiro atoms. The summed E-state index contributed by atoms with van der Waals surface area (Å²) in [5, 5.41) is 17.8. The molecule has 0 saturated carbocycles. The minimum absolute atomic E-state index is 0.546. The third kappa shape index (κ3) is 5.81. The largest absolute Gasteiger partial charge is 0.423 e. The van der Waals surface area contributed by atoms with Crippen molar-refractivity contribution in [3.8, 4) is 44.8 Å². The van der Waals surface area contributed by atoms with E-state index in [4.69, 9.17) is 4.42 Å². The van der Waals surface area contributed by atoms with Crippen LogP contribution in [-0.2, 0) is 0 Å². The first-order chi connectivity index (χ1) is 25.3. The lowest BCUT2D eigenvalue weighted by atomic mass is 9.85. The fourth-order valence-corrected chi connectivity index (χ4v) is 7.17. The molecule has 9 aromatic carbocycles. The molecule has 10 aromatic rings. The lowest BCUT2D eigenvalue weighted by Crippen LogP contribution is -1.91. The first kappa shape index (κ1) is 30.2. The third-order valence-electron chi connectivity index (χ3n) is 9.61. The molecule has 0 amide bonds. The number of hydrogen-bond donors (Lipinski definition) is 0. The number of aromatic nitrogens is 2. The summed E-state index contributed by atoms with van der Waals surface area (Å²) in [5.74, 6) is 0.546. The third-order valence-corrected chi connectivity index (χ3v) is 9.61. The molecule has 0 unspecified atom stereocenters. The second-order valence-corrected chi connectivity index (χ2v) is 12.7. The first-order valence-corrected chi connectivity index (χ1v) is 17.1. The van der Waals surface area contributed by atoms with Crippen LogP contribution in [-0.4, -0.2) is 10.2 Å². The number of benzene rings is 9. The molecule has 240 valence electrons. The van der Waals surface area contributed by atoms with Crippen molar-refractivity contribution < 1.29 is 4.42 Å². The van der Waals surface area contributed by atoms with E-state index >= 15 is 0 Å². The lowest BCUT2D eigenvalue weighted by molar-refractivity contribution is 0.568. The summed E-state index contributed by atoms with van der Waals surface area (Å²) in [5.41, 5.74) is 8.44. The van der Waals surface area contributed by atoms with Gasteiger partial charge < -0.3 is 4.42 Å². The van der Waals surface area contributed by atoms with E-state index in [0.29, 0.717) is 5.89 Å². The van der Waals surface area contributed by atoms with Crippen LogP contribution in [0.25, 0.3) is 87.9 Å². The molecule has 51 heavy (non-hydrogen) atoms. The predicted molar refractivity (Wildman–Crippen MR) is 213 cm³/mol. The second kappa shape index (κ2) is 13.2. The molecule has 0 radical (unpaired) electrons. The Morgan fingerprint density at radius 2 is 0.706 bits per heavy atom. The Bertz CT molecular complexity index is 2590.